The van der Waals surface area contributed by atoms with Crippen molar-refractivity contribution in [2.24, 2.45) is 0 Å². The second-order valence-corrected chi connectivity index (χ2v) is 3.47. The Morgan fingerprint density at radius 3 is 2.41 bits per heavy atom. The Balaban J connectivity index is 2.37. The standard InChI is InChI=1S/C14H21NO2/c1-3-15-11-7-8-12-17-14-10-6-5-9-13(14)16-4-2/h5-10,15H,3-4,11-12H2,1-2H3/b8-7+. The van der Waals surface area contributed by atoms with Gasteiger partial charge >= 0.3 is 0 Å². The topological polar surface area (TPSA) is 30.5 Å². The number of likely N-dealkylation sites (N-methyl/N-ethyl adjacent to an activating group) is 1. The summed E-state index contributed by atoms with van der Waals surface area (Å²) in [5.74, 6) is 1.59. The van der Waals surface area contributed by atoms with Crippen LogP contribution in [0.4, 0.5) is 0 Å². The second kappa shape index (κ2) is 8.65. The van der Waals surface area contributed by atoms with Crippen LogP contribution >= 0.6 is 0 Å². The third-order valence-electron chi connectivity index (χ3n) is 2.16. The molecule has 0 saturated carbocycles. The van der Waals surface area contributed by atoms with Gasteiger partial charge in [-0.15, -0.1) is 0 Å². The molecular weight excluding hydrogens is 214 g/mol. The molecule has 0 saturated heterocycles. The zero-order chi connectivity index (χ0) is 12.3. The molecule has 0 heterocycles. The Bertz CT molecular complexity index is 337. The van der Waals surface area contributed by atoms with E-state index in [0.29, 0.717) is 13.2 Å². The van der Waals surface area contributed by atoms with E-state index in [2.05, 4.69) is 18.3 Å². The van der Waals surface area contributed by atoms with Gasteiger partial charge in [-0.25, -0.2) is 0 Å². The van der Waals surface area contributed by atoms with Crippen LogP contribution in [0.15, 0.2) is 36.4 Å². The van der Waals surface area contributed by atoms with Gasteiger partial charge in [-0.05, 0) is 25.6 Å². The minimum absolute atomic E-state index is 0.565. The Labute approximate surface area is 103 Å². The first-order valence-electron chi connectivity index (χ1n) is 6.08. The van der Waals surface area contributed by atoms with E-state index in [0.717, 1.165) is 24.6 Å². The van der Waals surface area contributed by atoms with Crippen molar-refractivity contribution in [1.29, 1.82) is 0 Å². The van der Waals surface area contributed by atoms with Crippen molar-refractivity contribution in [3.05, 3.63) is 36.4 Å². The van der Waals surface area contributed by atoms with Crippen molar-refractivity contribution in [3.8, 4) is 11.5 Å². The fourth-order valence-electron chi connectivity index (χ4n) is 1.36. The highest BCUT2D eigenvalue weighted by atomic mass is 16.5. The van der Waals surface area contributed by atoms with Crippen LogP contribution in [0.2, 0.25) is 0 Å². The van der Waals surface area contributed by atoms with E-state index in [1.807, 2.05) is 37.3 Å². The lowest BCUT2D eigenvalue weighted by Crippen LogP contribution is -2.11. The minimum atomic E-state index is 0.565. The average molecular weight is 235 g/mol. The summed E-state index contributed by atoms with van der Waals surface area (Å²) in [5.41, 5.74) is 0. The molecule has 0 atom stereocenters. The molecule has 0 bridgehead atoms. The number of ether oxygens (including phenoxy) is 2. The molecule has 0 radical (unpaired) electrons. The van der Waals surface area contributed by atoms with E-state index in [1.165, 1.54) is 0 Å². The quantitative estimate of drug-likeness (QED) is 0.555. The molecule has 0 aliphatic heterocycles. The first-order valence-corrected chi connectivity index (χ1v) is 6.08. The van der Waals surface area contributed by atoms with Gasteiger partial charge in [0.25, 0.3) is 0 Å². The third-order valence-corrected chi connectivity index (χ3v) is 2.16. The number of rotatable bonds is 8. The maximum atomic E-state index is 5.63. The lowest BCUT2D eigenvalue weighted by Gasteiger charge is -2.09. The lowest BCUT2D eigenvalue weighted by atomic mass is 10.3. The van der Waals surface area contributed by atoms with E-state index in [-0.39, 0.29) is 0 Å². The number of benzene rings is 1. The van der Waals surface area contributed by atoms with Gasteiger partial charge in [0.15, 0.2) is 11.5 Å². The van der Waals surface area contributed by atoms with Crippen molar-refractivity contribution in [1.82, 2.24) is 5.32 Å². The van der Waals surface area contributed by atoms with Crippen LogP contribution in [-0.2, 0) is 0 Å². The summed E-state index contributed by atoms with van der Waals surface area (Å²) >= 11 is 0. The number of nitrogens with one attached hydrogen (secondary N) is 1. The molecule has 1 aromatic rings. The largest absolute Gasteiger partial charge is 0.490 e. The van der Waals surface area contributed by atoms with Crippen molar-refractivity contribution >= 4 is 0 Å². The summed E-state index contributed by atoms with van der Waals surface area (Å²) in [6.45, 7) is 7.13. The van der Waals surface area contributed by atoms with E-state index < -0.39 is 0 Å². The van der Waals surface area contributed by atoms with Gasteiger partial charge in [-0.3, -0.25) is 0 Å². The van der Waals surface area contributed by atoms with Crippen LogP contribution in [0.3, 0.4) is 0 Å². The molecular formula is C14H21NO2. The summed E-state index contributed by atoms with van der Waals surface area (Å²) in [6, 6.07) is 7.73. The maximum Gasteiger partial charge on any atom is 0.161 e. The third kappa shape index (κ3) is 5.41. The second-order valence-electron chi connectivity index (χ2n) is 3.47. The molecule has 1 N–H and O–H groups in total. The molecule has 1 rings (SSSR count). The van der Waals surface area contributed by atoms with Gasteiger partial charge in [-0.1, -0.05) is 31.2 Å². The van der Waals surface area contributed by atoms with Crippen molar-refractivity contribution in [2.75, 3.05) is 26.3 Å². The maximum absolute atomic E-state index is 5.63. The Morgan fingerprint density at radius 1 is 1.06 bits per heavy atom. The molecule has 1 aromatic carbocycles. The van der Waals surface area contributed by atoms with Crippen LogP contribution in [0, 0.1) is 0 Å². The highest BCUT2D eigenvalue weighted by Gasteiger charge is 2.01. The predicted molar refractivity (Wildman–Crippen MR) is 70.8 cm³/mol. The fraction of sp³-hybridized carbons (Fsp3) is 0.429. The molecule has 0 aliphatic rings. The number of hydrogen-bond donors (Lipinski definition) is 1. The van der Waals surface area contributed by atoms with Crippen LogP contribution in [0.25, 0.3) is 0 Å². The zero-order valence-electron chi connectivity index (χ0n) is 10.6. The van der Waals surface area contributed by atoms with Gasteiger partial charge in [0.1, 0.15) is 6.61 Å². The van der Waals surface area contributed by atoms with E-state index >= 15 is 0 Å². The highest BCUT2D eigenvalue weighted by molar-refractivity contribution is 5.39. The Kier molecular flexibility index (Phi) is 6.91. The van der Waals surface area contributed by atoms with Gasteiger partial charge in [0.2, 0.25) is 0 Å². The van der Waals surface area contributed by atoms with Crippen LogP contribution in [0.1, 0.15) is 13.8 Å². The van der Waals surface area contributed by atoms with Gasteiger partial charge in [0, 0.05) is 6.54 Å². The summed E-state index contributed by atoms with van der Waals surface area (Å²) in [6.07, 6.45) is 4.07. The number of para-hydroxylation sites is 2. The molecule has 0 spiro atoms. The number of hydrogen-bond acceptors (Lipinski definition) is 3. The smallest absolute Gasteiger partial charge is 0.161 e. The molecule has 0 aromatic heterocycles. The normalized spacial score (nSPS) is 10.7. The molecule has 3 heteroatoms. The van der Waals surface area contributed by atoms with Gasteiger partial charge in [0.05, 0.1) is 6.61 Å². The molecule has 3 nitrogen and oxygen atoms in total. The Hall–Kier alpha value is -1.48. The molecule has 0 fully saturated rings. The van der Waals surface area contributed by atoms with Crippen LogP contribution in [-0.4, -0.2) is 26.3 Å². The van der Waals surface area contributed by atoms with Crippen LogP contribution < -0.4 is 14.8 Å². The summed E-state index contributed by atoms with van der Waals surface area (Å²) in [5, 5.41) is 3.21. The molecule has 0 unspecified atom stereocenters. The average Bonchev–Trinajstić information content (AvgIpc) is 2.36. The van der Waals surface area contributed by atoms with E-state index in [9.17, 15) is 0 Å². The van der Waals surface area contributed by atoms with Crippen LogP contribution in [0.5, 0.6) is 11.5 Å². The summed E-state index contributed by atoms with van der Waals surface area (Å²) < 4.78 is 11.1. The fourth-order valence-corrected chi connectivity index (χ4v) is 1.36. The molecule has 17 heavy (non-hydrogen) atoms. The first kappa shape index (κ1) is 13.6. The first-order chi connectivity index (χ1) is 8.38. The highest BCUT2D eigenvalue weighted by Crippen LogP contribution is 2.26. The minimum Gasteiger partial charge on any atom is -0.490 e. The zero-order valence-corrected chi connectivity index (χ0v) is 10.6. The monoisotopic (exact) mass is 235 g/mol. The molecule has 94 valence electrons. The predicted octanol–water partition coefficient (Wildman–Crippen LogP) is 2.63. The van der Waals surface area contributed by atoms with Gasteiger partial charge < -0.3 is 14.8 Å². The van der Waals surface area contributed by atoms with Crippen molar-refractivity contribution < 1.29 is 9.47 Å². The SMILES string of the molecule is CCNC/C=C/COc1ccccc1OCC. The summed E-state index contributed by atoms with van der Waals surface area (Å²) in [7, 11) is 0. The van der Waals surface area contributed by atoms with E-state index in [4.69, 9.17) is 9.47 Å². The van der Waals surface area contributed by atoms with Gasteiger partial charge in [-0.2, -0.15) is 0 Å². The Morgan fingerprint density at radius 2 is 1.76 bits per heavy atom. The molecule has 0 aliphatic carbocycles. The van der Waals surface area contributed by atoms with Crippen molar-refractivity contribution in [3.63, 3.8) is 0 Å². The van der Waals surface area contributed by atoms with E-state index in [1.54, 1.807) is 0 Å². The molecule has 0 amide bonds. The summed E-state index contributed by atoms with van der Waals surface area (Å²) in [4.78, 5) is 0. The van der Waals surface area contributed by atoms with Crippen molar-refractivity contribution in [2.45, 2.75) is 13.8 Å². The lowest BCUT2D eigenvalue weighted by molar-refractivity contribution is 0.296.